The Kier molecular flexibility index (Phi) is 4.45. The van der Waals surface area contributed by atoms with E-state index in [-0.39, 0.29) is 0 Å². The lowest BCUT2D eigenvalue weighted by molar-refractivity contribution is 0.672. The first kappa shape index (κ1) is 22.8. The maximum atomic E-state index is 6.47. The van der Waals surface area contributed by atoms with Crippen LogP contribution in [-0.2, 0) is 0 Å². The summed E-state index contributed by atoms with van der Waals surface area (Å²) < 4.78 is 11.3. The molecular formula is C40H24N2O. The Labute approximate surface area is 246 Å². The van der Waals surface area contributed by atoms with Crippen molar-refractivity contribution in [3.63, 3.8) is 0 Å². The van der Waals surface area contributed by atoms with E-state index < -0.39 is 0 Å². The minimum Gasteiger partial charge on any atom is -0.455 e. The molecule has 0 bridgehead atoms. The van der Waals surface area contributed by atoms with Crippen molar-refractivity contribution >= 4 is 76.3 Å². The quantitative estimate of drug-likeness (QED) is 0.211. The molecule has 3 aromatic heterocycles. The van der Waals surface area contributed by atoms with E-state index in [1.165, 1.54) is 54.7 Å². The summed E-state index contributed by atoms with van der Waals surface area (Å²) in [6, 6.07) is 52.4. The van der Waals surface area contributed by atoms with Crippen LogP contribution in [0.2, 0.25) is 0 Å². The van der Waals surface area contributed by atoms with Crippen LogP contribution >= 0.6 is 0 Å². The van der Waals surface area contributed by atoms with Gasteiger partial charge >= 0.3 is 0 Å². The highest BCUT2D eigenvalue weighted by Gasteiger charge is 2.18. The molecule has 0 N–H and O–H groups in total. The minimum atomic E-state index is 0.922. The largest absolute Gasteiger partial charge is 0.455 e. The molecule has 0 atom stereocenters. The molecule has 10 rings (SSSR count). The van der Waals surface area contributed by atoms with Crippen molar-refractivity contribution in [1.82, 2.24) is 9.13 Å². The van der Waals surface area contributed by atoms with Crippen LogP contribution in [0.5, 0.6) is 0 Å². The van der Waals surface area contributed by atoms with E-state index in [0.717, 1.165) is 33.0 Å². The Morgan fingerprint density at radius 1 is 0.349 bits per heavy atom. The Morgan fingerprint density at radius 3 is 1.77 bits per heavy atom. The number of hydrogen-bond donors (Lipinski definition) is 0. The third-order valence-electron chi connectivity index (χ3n) is 9.08. The van der Waals surface area contributed by atoms with E-state index in [1.807, 2.05) is 6.07 Å². The van der Waals surface area contributed by atoms with Crippen LogP contribution in [0.4, 0.5) is 0 Å². The van der Waals surface area contributed by atoms with E-state index >= 15 is 0 Å². The molecule has 0 radical (unpaired) electrons. The van der Waals surface area contributed by atoms with Gasteiger partial charge in [0.05, 0.1) is 22.1 Å². The monoisotopic (exact) mass is 548 g/mol. The zero-order chi connectivity index (χ0) is 28.1. The minimum absolute atomic E-state index is 0.922. The SMILES string of the molecule is c1ccc(-n2c3ccccc3c3cc(-n4c5ccccc5c5cc6ccc7c8ccccc8oc7c6cc54)ccc32)cc1. The third-order valence-corrected chi connectivity index (χ3v) is 9.08. The molecule has 0 spiro atoms. The maximum absolute atomic E-state index is 6.47. The maximum Gasteiger partial charge on any atom is 0.143 e. The Bertz CT molecular complexity index is 2720. The fourth-order valence-corrected chi connectivity index (χ4v) is 7.20. The van der Waals surface area contributed by atoms with Crippen LogP contribution < -0.4 is 0 Å². The number of nitrogens with zero attached hydrogens (tertiary/aromatic N) is 2. The van der Waals surface area contributed by atoms with Crippen LogP contribution in [0.15, 0.2) is 150 Å². The number of aromatic nitrogens is 2. The summed E-state index contributed by atoms with van der Waals surface area (Å²) in [6.07, 6.45) is 0. The number of benzene rings is 7. The smallest absolute Gasteiger partial charge is 0.143 e. The second-order valence-corrected chi connectivity index (χ2v) is 11.4. The Hall–Kier alpha value is -5.80. The fourth-order valence-electron chi connectivity index (χ4n) is 7.20. The van der Waals surface area contributed by atoms with Gasteiger partial charge in [-0.05, 0) is 72.1 Å². The van der Waals surface area contributed by atoms with Gasteiger partial charge in [-0.25, -0.2) is 0 Å². The van der Waals surface area contributed by atoms with Crippen LogP contribution in [0.3, 0.4) is 0 Å². The molecule has 0 aliphatic rings. The number of fused-ring (bicyclic) bond motifs is 11. The molecule has 3 heterocycles. The van der Waals surface area contributed by atoms with Crippen molar-refractivity contribution in [2.75, 3.05) is 0 Å². The summed E-state index contributed by atoms with van der Waals surface area (Å²) >= 11 is 0. The highest BCUT2D eigenvalue weighted by molar-refractivity contribution is 6.20. The summed E-state index contributed by atoms with van der Waals surface area (Å²) in [4.78, 5) is 0. The Balaban J connectivity index is 1.31. The van der Waals surface area contributed by atoms with Crippen LogP contribution in [-0.4, -0.2) is 9.13 Å². The first-order valence-corrected chi connectivity index (χ1v) is 14.7. The summed E-state index contributed by atoms with van der Waals surface area (Å²) in [5.74, 6) is 0. The van der Waals surface area contributed by atoms with Gasteiger partial charge in [0.15, 0.2) is 0 Å². The fraction of sp³-hybridized carbons (Fsp3) is 0. The van der Waals surface area contributed by atoms with Gasteiger partial charge in [0.2, 0.25) is 0 Å². The lowest BCUT2D eigenvalue weighted by Crippen LogP contribution is -1.95. The van der Waals surface area contributed by atoms with Gasteiger partial charge in [-0.3, -0.25) is 0 Å². The average molecular weight is 549 g/mol. The van der Waals surface area contributed by atoms with Gasteiger partial charge in [-0.1, -0.05) is 78.9 Å². The molecule has 0 aliphatic heterocycles. The molecule has 0 aliphatic carbocycles. The van der Waals surface area contributed by atoms with E-state index in [9.17, 15) is 0 Å². The summed E-state index contributed by atoms with van der Waals surface area (Å²) in [5.41, 5.74) is 8.95. The highest BCUT2D eigenvalue weighted by atomic mass is 16.3. The second kappa shape index (κ2) is 8.37. The van der Waals surface area contributed by atoms with Crippen molar-refractivity contribution in [3.05, 3.63) is 146 Å². The summed E-state index contributed by atoms with van der Waals surface area (Å²) in [6.45, 7) is 0. The topological polar surface area (TPSA) is 23.0 Å². The van der Waals surface area contributed by atoms with E-state index in [1.54, 1.807) is 0 Å². The summed E-state index contributed by atoms with van der Waals surface area (Å²) in [5, 5.41) is 9.60. The molecular weight excluding hydrogens is 524 g/mol. The zero-order valence-electron chi connectivity index (χ0n) is 23.2. The van der Waals surface area contributed by atoms with Crippen LogP contribution in [0.1, 0.15) is 0 Å². The molecule has 7 aromatic carbocycles. The molecule has 0 fully saturated rings. The van der Waals surface area contributed by atoms with Gasteiger partial charge in [0, 0.05) is 49.1 Å². The number of hydrogen-bond acceptors (Lipinski definition) is 1. The second-order valence-electron chi connectivity index (χ2n) is 11.4. The van der Waals surface area contributed by atoms with Crippen LogP contribution in [0.25, 0.3) is 87.7 Å². The molecule has 0 saturated carbocycles. The van der Waals surface area contributed by atoms with E-state index in [0.29, 0.717) is 0 Å². The zero-order valence-corrected chi connectivity index (χ0v) is 23.2. The molecule has 10 aromatic rings. The molecule has 0 saturated heterocycles. The lowest BCUT2D eigenvalue weighted by atomic mass is 10.0. The van der Waals surface area contributed by atoms with E-state index in [2.05, 4.69) is 149 Å². The average Bonchev–Trinajstić information content (AvgIpc) is 3.71. The Morgan fingerprint density at radius 2 is 0.977 bits per heavy atom. The number of furan rings is 1. The van der Waals surface area contributed by atoms with Gasteiger partial charge in [0.25, 0.3) is 0 Å². The van der Waals surface area contributed by atoms with Crippen molar-refractivity contribution in [3.8, 4) is 11.4 Å². The van der Waals surface area contributed by atoms with Gasteiger partial charge in [-0.15, -0.1) is 0 Å². The lowest BCUT2D eigenvalue weighted by Gasteiger charge is -2.11. The van der Waals surface area contributed by atoms with Crippen LogP contribution in [0, 0.1) is 0 Å². The molecule has 200 valence electrons. The third kappa shape index (κ3) is 3.08. The van der Waals surface area contributed by atoms with Crippen molar-refractivity contribution in [1.29, 1.82) is 0 Å². The van der Waals surface area contributed by atoms with Gasteiger partial charge < -0.3 is 13.6 Å². The highest BCUT2D eigenvalue weighted by Crippen LogP contribution is 2.40. The molecule has 43 heavy (non-hydrogen) atoms. The molecule has 0 amide bonds. The predicted octanol–water partition coefficient (Wildman–Crippen LogP) is 10.9. The van der Waals surface area contributed by atoms with E-state index in [4.69, 9.17) is 4.42 Å². The normalized spacial score (nSPS) is 12.2. The predicted molar refractivity (Wildman–Crippen MR) is 180 cm³/mol. The number of para-hydroxylation sites is 4. The van der Waals surface area contributed by atoms with Gasteiger partial charge in [-0.2, -0.15) is 0 Å². The van der Waals surface area contributed by atoms with Gasteiger partial charge in [0.1, 0.15) is 11.2 Å². The summed E-state index contributed by atoms with van der Waals surface area (Å²) in [7, 11) is 0. The molecule has 3 nitrogen and oxygen atoms in total. The van der Waals surface area contributed by atoms with Crippen molar-refractivity contribution in [2.24, 2.45) is 0 Å². The van der Waals surface area contributed by atoms with Crippen molar-refractivity contribution < 1.29 is 4.42 Å². The first-order valence-electron chi connectivity index (χ1n) is 14.7. The molecule has 3 heteroatoms. The standard InChI is InChI=1S/C40H24N2O/c1-2-10-26(11-3-1)41-35-15-7-5-13-29(35)34-23-27(19-21-37(34)41)42-36-16-8-4-12-28(36)33-22-25-18-20-31-30-14-6-9-17-39(30)43-40(31)32(25)24-38(33)42/h1-24H. The number of rotatable bonds is 2. The van der Waals surface area contributed by atoms with Crippen molar-refractivity contribution in [2.45, 2.75) is 0 Å². The molecule has 0 unspecified atom stereocenters. The first-order chi connectivity index (χ1) is 21.3.